The summed E-state index contributed by atoms with van der Waals surface area (Å²) in [7, 11) is 0. The van der Waals surface area contributed by atoms with E-state index < -0.39 is 0 Å². The van der Waals surface area contributed by atoms with Gasteiger partial charge in [-0.25, -0.2) is 4.79 Å². The highest BCUT2D eigenvalue weighted by Gasteiger charge is 2.45. The lowest BCUT2D eigenvalue weighted by Crippen LogP contribution is -2.34. The van der Waals surface area contributed by atoms with Crippen molar-refractivity contribution >= 4 is 17.6 Å². The number of anilines is 1. The summed E-state index contributed by atoms with van der Waals surface area (Å²) in [6.45, 7) is 2.18. The third-order valence-corrected chi connectivity index (χ3v) is 3.26. The molecule has 0 spiro atoms. The number of carbonyl (C=O) groups is 2. The second kappa shape index (κ2) is 3.58. The molecule has 0 N–H and O–H groups in total. The van der Waals surface area contributed by atoms with Crippen molar-refractivity contribution in [1.82, 2.24) is 4.90 Å². The van der Waals surface area contributed by atoms with Crippen molar-refractivity contribution in [3.63, 3.8) is 0 Å². The number of benzene rings is 1. The molecule has 1 aromatic rings. The summed E-state index contributed by atoms with van der Waals surface area (Å²) in [5.74, 6) is -0.0712. The first-order valence-corrected chi connectivity index (χ1v) is 5.87. The molecule has 2 fully saturated rings. The summed E-state index contributed by atoms with van der Waals surface area (Å²) < 4.78 is 0. The molecule has 0 bridgehead atoms. The summed E-state index contributed by atoms with van der Waals surface area (Å²) in [5.41, 5.74) is 1.95. The number of imide groups is 1. The van der Waals surface area contributed by atoms with E-state index in [0.29, 0.717) is 0 Å². The maximum atomic E-state index is 12.1. The number of hydrogen-bond donors (Lipinski definition) is 0. The highest BCUT2D eigenvalue weighted by atomic mass is 16.2. The maximum absolute atomic E-state index is 12.1. The van der Waals surface area contributed by atoms with Crippen LogP contribution in [0.3, 0.4) is 0 Å². The zero-order valence-electron chi connectivity index (χ0n) is 9.72. The van der Waals surface area contributed by atoms with Gasteiger partial charge in [0, 0.05) is 11.7 Å². The molecule has 17 heavy (non-hydrogen) atoms. The van der Waals surface area contributed by atoms with E-state index in [0.717, 1.165) is 24.1 Å². The fourth-order valence-electron chi connectivity index (χ4n) is 2.13. The van der Waals surface area contributed by atoms with Crippen molar-refractivity contribution in [2.75, 3.05) is 11.4 Å². The van der Waals surface area contributed by atoms with Crippen molar-refractivity contribution in [3.8, 4) is 0 Å². The zero-order valence-corrected chi connectivity index (χ0v) is 9.72. The van der Waals surface area contributed by atoms with Gasteiger partial charge in [0.2, 0.25) is 0 Å². The fraction of sp³-hybridized carbons (Fsp3) is 0.385. The molecule has 4 heteroatoms. The molecule has 1 aromatic carbocycles. The van der Waals surface area contributed by atoms with E-state index in [2.05, 4.69) is 0 Å². The SMILES string of the molecule is Cc1ccc(N2CC(=O)N(C3CC3)C2=O)cc1. The largest absolute Gasteiger partial charge is 0.331 e. The number of amides is 3. The zero-order chi connectivity index (χ0) is 12.0. The molecule has 0 radical (unpaired) electrons. The van der Waals surface area contributed by atoms with Gasteiger partial charge in [-0.1, -0.05) is 17.7 Å². The number of hydrogen-bond acceptors (Lipinski definition) is 2. The standard InChI is InChI=1S/C13H14N2O2/c1-9-2-4-10(5-3-9)14-8-12(16)15(13(14)17)11-6-7-11/h2-5,11H,6-8H2,1H3. The molecule has 0 atom stereocenters. The van der Waals surface area contributed by atoms with Gasteiger partial charge >= 0.3 is 6.03 Å². The Labute approximate surface area is 99.8 Å². The Balaban J connectivity index is 1.87. The molecule has 1 saturated heterocycles. The van der Waals surface area contributed by atoms with E-state index >= 15 is 0 Å². The number of aryl methyl sites for hydroxylation is 1. The van der Waals surface area contributed by atoms with Crippen LogP contribution in [0.5, 0.6) is 0 Å². The fourth-order valence-corrected chi connectivity index (χ4v) is 2.13. The lowest BCUT2D eigenvalue weighted by molar-refractivity contribution is -0.125. The lowest BCUT2D eigenvalue weighted by atomic mass is 10.2. The molecule has 1 aliphatic carbocycles. The summed E-state index contributed by atoms with van der Waals surface area (Å²) in [6.07, 6.45) is 1.92. The summed E-state index contributed by atoms with van der Waals surface area (Å²) >= 11 is 0. The minimum atomic E-state index is -0.165. The second-order valence-electron chi connectivity index (χ2n) is 4.70. The Kier molecular flexibility index (Phi) is 2.18. The highest BCUT2D eigenvalue weighted by molar-refractivity contribution is 6.12. The monoisotopic (exact) mass is 230 g/mol. The van der Waals surface area contributed by atoms with E-state index in [4.69, 9.17) is 0 Å². The van der Waals surface area contributed by atoms with Gasteiger partial charge < -0.3 is 0 Å². The smallest absolute Gasteiger partial charge is 0.285 e. The second-order valence-corrected chi connectivity index (χ2v) is 4.70. The normalized spacial score (nSPS) is 20.3. The van der Waals surface area contributed by atoms with Crippen LogP contribution in [0.1, 0.15) is 18.4 Å². The molecule has 1 aliphatic heterocycles. The molecular formula is C13H14N2O2. The Hall–Kier alpha value is -1.84. The van der Waals surface area contributed by atoms with Gasteiger partial charge in [0.25, 0.3) is 5.91 Å². The molecule has 88 valence electrons. The summed E-state index contributed by atoms with van der Waals surface area (Å²) in [5, 5.41) is 0. The van der Waals surface area contributed by atoms with Crippen LogP contribution in [0, 0.1) is 6.92 Å². The van der Waals surface area contributed by atoms with Crippen LogP contribution in [0.2, 0.25) is 0 Å². The van der Waals surface area contributed by atoms with Crippen LogP contribution >= 0.6 is 0 Å². The third-order valence-electron chi connectivity index (χ3n) is 3.26. The van der Waals surface area contributed by atoms with Crippen LogP contribution in [0.15, 0.2) is 24.3 Å². The minimum Gasteiger partial charge on any atom is -0.285 e. The molecule has 1 heterocycles. The molecular weight excluding hydrogens is 216 g/mol. The van der Waals surface area contributed by atoms with Crippen molar-refractivity contribution in [1.29, 1.82) is 0 Å². The number of carbonyl (C=O) groups excluding carboxylic acids is 2. The predicted octanol–water partition coefficient (Wildman–Crippen LogP) is 1.93. The Morgan fingerprint density at radius 3 is 2.35 bits per heavy atom. The van der Waals surface area contributed by atoms with Crippen LogP contribution < -0.4 is 4.90 Å². The van der Waals surface area contributed by atoms with Gasteiger partial charge in [-0.15, -0.1) is 0 Å². The molecule has 2 aliphatic rings. The first-order valence-electron chi connectivity index (χ1n) is 5.87. The molecule has 3 rings (SSSR count). The molecule has 0 aromatic heterocycles. The number of nitrogens with zero attached hydrogens (tertiary/aromatic N) is 2. The van der Waals surface area contributed by atoms with Gasteiger partial charge in [0.15, 0.2) is 0 Å². The predicted molar refractivity (Wildman–Crippen MR) is 63.8 cm³/mol. The minimum absolute atomic E-state index is 0.0712. The number of rotatable bonds is 2. The van der Waals surface area contributed by atoms with E-state index in [1.54, 1.807) is 4.90 Å². The van der Waals surface area contributed by atoms with Gasteiger partial charge in [-0.05, 0) is 31.9 Å². The van der Waals surface area contributed by atoms with Gasteiger partial charge in [-0.3, -0.25) is 14.6 Å². The quantitative estimate of drug-likeness (QED) is 0.728. The molecule has 3 amide bonds. The van der Waals surface area contributed by atoms with E-state index in [1.165, 1.54) is 4.90 Å². The summed E-state index contributed by atoms with van der Waals surface area (Å²) in [4.78, 5) is 26.9. The van der Waals surface area contributed by atoms with Gasteiger partial charge in [0.1, 0.15) is 6.54 Å². The van der Waals surface area contributed by atoms with Gasteiger partial charge in [-0.2, -0.15) is 0 Å². The van der Waals surface area contributed by atoms with Crippen molar-refractivity contribution in [2.45, 2.75) is 25.8 Å². The van der Waals surface area contributed by atoms with Crippen molar-refractivity contribution in [2.24, 2.45) is 0 Å². The Bertz CT molecular complexity index is 477. The summed E-state index contributed by atoms with van der Waals surface area (Å²) in [6, 6.07) is 7.67. The van der Waals surface area contributed by atoms with E-state index in [1.807, 2.05) is 31.2 Å². The first-order chi connectivity index (χ1) is 8.16. The van der Waals surface area contributed by atoms with E-state index in [-0.39, 0.29) is 24.5 Å². The molecule has 4 nitrogen and oxygen atoms in total. The average Bonchev–Trinajstić information content (AvgIpc) is 3.08. The topological polar surface area (TPSA) is 40.6 Å². The Morgan fingerprint density at radius 2 is 1.76 bits per heavy atom. The molecule has 0 unspecified atom stereocenters. The first kappa shape index (κ1) is 10.3. The van der Waals surface area contributed by atoms with Gasteiger partial charge in [0.05, 0.1) is 0 Å². The van der Waals surface area contributed by atoms with Crippen LogP contribution in [0.4, 0.5) is 10.5 Å². The maximum Gasteiger partial charge on any atom is 0.331 e. The average molecular weight is 230 g/mol. The van der Waals surface area contributed by atoms with E-state index in [9.17, 15) is 9.59 Å². The lowest BCUT2D eigenvalue weighted by Gasteiger charge is -2.16. The van der Waals surface area contributed by atoms with Crippen LogP contribution in [-0.4, -0.2) is 29.4 Å². The van der Waals surface area contributed by atoms with Crippen LogP contribution in [0.25, 0.3) is 0 Å². The Morgan fingerprint density at radius 1 is 1.12 bits per heavy atom. The van der Waals surface area contributed by atoms with Crippen molar-refractivity contribution < 1.29 is 9.59 Å². The van der Waals surface area contributed by atoms with Crippen molar-refractivity contribution in [3.05, 3.63) is 29.8 Å². The third kappa shape index (κ3) is 1.69. The number of urea groups is 1. The van der Waals surface area contributed by atoms with Crippen LogP contribution in [-0.2, 0) is 4.79 Å². The highest BCUT2D eigenvalue weighted by Crippen LogP contribution is 2.32. The molecule has 1 saturated carbocycles.